The predicted molar refractivity (Wildman–Crippen MR) is 35.2 cm³/mol. The highest BCUT2D eigenvalue weighted by Crippen LogP contribution is 2.06. The van der Waals surface area contributed by atoms with Crippen molar-refractivity contribution in [3.8, 4) is 0 Å². The molecular weight excluding hydrogens is 114 g/mol. The summed E-state index contributed by atoms with van der Waals surface area (Å²) in [7, 11) is 0. The summed E-state index contributed by atoms with van der Waals surface area (Å²) in [5, 5.41) is 4.09. The molecule has 0 N–H and O–H groups in total. The molecule has 0 saturated carbocycles. The third kappa shape index (κ3) is 1.39. The van der Waals surface area contributed by atoms with Crippen molar-refractivity contribution >= 4 is 5.78 Å². The maximum atomic E-state index is 10.8. The van der Waals surface area contributed by atoms with E-state index < -0.39 is 0 Å². The van der Waals surface area contributed by atoms with Gasteiger partial charge in [0.05, 0.1) is 6.04 Å². The normalized spacial score (nSPS) is 26.7. The van der Waals surface area contributed by atoms with E-state index in [4.69, 9.17) is 0 Å². The van der Waals surface area contributed by atoms with Crippen molar-refractivity contribution in [3.05, 3.63) is 12.7 Å². The van der Waals surface area contributed by atoms with E-state index >= 15 is 0 Å². The summed E-state index contributed by atoms with van der Waals surface area (Å²) >= 11 is 0. The number of rotatable bonds is 2. The zero-order valence-electron chi connectivity index (χ0n) is 5.34. The lowest BCUT2D eigenvalue weighted by atomic mass is 10.1. The third-order valence-corrected chi connectivity index (χ3v) is 1.47. The molecule has 1 unspecified atom stereocenters. The molecule has 1 radical (unpaired) electrons. The first-order valence-corrected chi connectivity index (χ1v) is 3.15. The molecule has 1 aliphatic heterocycles. The Morgan fingerprint density at radius 2 is 2.67 bits per heavy atom. The van der Waals surface area contributed by atoms with Crippen LogP contribution >= 0.6 is 0 Å². The van der Waals surface area contributed by atoms with Crippen LogP contribution in [-0.2, 0) is 4.79 Å². The summed E-state index contributed by atoms with van der Waals surface area (Å²) in [6.45, 7) is 4.27. The first-order valence-electron chi connectivity index (χ1n) is 3.15. The molecule has 49 valence electrons. The number of Topliss-reactive ketones (excluding diaryl/α,β-unsaturated/α-hetero) is 1. The molecular formula is C7H10NO. The standard InChI is InChI=1S/C7H10NO/c1-2-3-6-7(9)4-5-8-6/h2,6H,1,3-5H2. The largest absolute Gasteiger partial charge is 0.298 e. The summed E-state index contributed by atoms with van der Waals surface area (Å²) in [6, 6.07) is -0.0532. The van der Waals surface area contributed by atoms with Gasteiger partial charge in [0.2, 0.25) is 0 Å². The molecule has 2 nitrogen and oxygen atoms in total. The lowest BCUT2D eigenvalue weighted by Gasteiger charge is -1.99. The molecule has 2 heteroatoms. The Bertz CT molecular complexity index is 131. The minimum atomic E-state index is -0.0532. The van der Waals surface area contributed by atoms with Crippen molar-refractivity contribution in [2.24, 2.45) is 0 Å². The smallest absolute Gasteiger partial charge is 0.153 e. The van der Waals surface area contributed by atoms with Gasteiger partial charge in [-0.15, -0.1) is 6.58 Å². The molecule has 0 bridgehead atoms. The molecule has 1 atom stereocenters. The second kappa shape index (κ2) is 2.78. The van der Waals surface area contributed by atoms with Gasteiger partial charge in [-0.2, -0.15) is 0 Å². The lowest BCUT2D eigenvalue weighted by molar-refractivity contribution is -0.118. The summed E-state index contributed by atoms with van der Waals surface area (Å²) in [5.74, 6) is 0.273. The molecule has 0 aliphatic carbocycles. The van der Waals surface area contributed by atoms with Gasteiger partial charge < -0.3 is 0 Å². The molecule has 1 rings (SSSR count). The van der Waals surface area contributed by atoms with E-state index in [0.717, 1.165) is 13.0 Å². The fraction of sp³-hybridized carbons (Fsp3) is 0.571. The monoisotopic (exact) mass is 124 g/mol. The second-order valence-corrected chi connectivity index (χ2v) is 2.16. The van der Waals surface area contributed by atoms with Gasteiger partial charge in [-0.25, -0.2) is 5.32 Å². The molecule has 9 heavy (non-hydrogen) atoms. The van der Waals surface area contributed by atoms with Gasteiger partial charge in [-0.05, 0) is 6.42 Å². The van der Waals surface area contributed by atoms with Gasteiger partial charge in [0.1, 0.15) is 0 Å². The minimum absolute atomic E-state index is 0.0532. The Labute approximate surface area is 54.9 Å². The van der Waals surface area contributed by atoms with E-state index in [-0.39, 0.29) is 11.8 Å². The zero-order valence-corrected chi connectivity index (χ0v) is 5.34. The molecule has 0 spiro atoms. The van der Waals surface area contributed by atoms with Gasteiger partial charge in [0.25, 0.3) is 0 Å². The fourth-order valence-electron chi connectivity index (χ4n) is 0.963. The summed E-state index contributed by atoms with van der Waals surface area (Å²) in [4.78, 5) is 10.8. The highest BCUT2D eigenvalue weighted by molar-refractivity contribution is 5.86. The molecule has 0 amide bonds. The van der Waals surface area contributed by atoms with Crippen LogP contribution in [-0.4, -0.2) is 18.4 Å². The van der Waals surface area contributed by atoms with Crippen molar-refractivity contribution in [1.82, 2.24) is 5.32 Å². The molecule has 1 aliphatic rings. The highest BCUT2D eigenvalue weighted by Gasteiger charge is 2.22. The minimum Gasteiger partial charge on any atom is -0.298 e. The maximum Gasteiger partial charge on any atom is 0.153 e. The number of hydrogen-bond donors (Lipinski definition) is 0. The molecule has 1 heterocycles. The van der Waals surface area contributed by atoms with E-state index in [2.05, 4.69) is 11.9 Å². The van der Waals surface area contributed by atoms with Crippen LogP contribution in [0.15, 0.2) is 12.7 Å². The van der Waals surface area contributed by atoms with Crippen LogP contribution in [0.3, 0.4) is 0 Å². The van der Waals surface area contributed by atoms with Crippen LogP contribution in [0.25, 0.3) is 0 Å². The third-order valence-electron chi connectivity index (χ3n) is 1.47. The Morgan fingerprint density at radius 1 is 1.89 bits per heavy atom. The molecule has 0 aromatic carbocycles. The lowest BCUT2D eigenvalue weighted by Crippen LogP contribution is -2.19. The van der Waals surface area contributed by atoms with Gasteiger partial charge in [-0.1, -0.05) is 6.08 Å². The Balaban J connectivity index is 2.39. The van der Waals surface area contributed by atoms with Crippen LogP contribution in [0.1, 0.15) is 12.8 Å². The Kier molecular flexibility index (Phi) is 2.01. The van der Waals surface area contributed by atoms with Gasteiger partial charge >= 0.3 is 0 Å². The fourth-order valence-corrected chi connectivity index (χ4v) is 0.963. The second-order valence-electron chi connectivity index (χ2n) is 2.16. The maximum absolute atomic E-state index is 10.8. The van der Waals surface area contributed by atoms with E-state index in [1.54, 1.807) is 6.08 Å². The number of nitrogens with zero attached hydrogens (tertiary/aromatic N) is 1. The van der Waals surface area contributed by atoms with Crippen molar-refractivity contribution in [2.75, 3.05) is 6.54 Å². The zero-order chi connectivity index (χ0) is 6.69. The van der Waals surface area contributed by atoms with Crippen molar-refractivity contribution in [1.29, 1.82) is 0 Å². The number of carbonyl (C=O) groups excluding carboxylic acids is 1. The van der Waals surface area contributed by atoms with Crippen molar-refractivity contribution in [3.63, 3.8) is 0 Å². The van der Waals surface area contributed by atoms with Crippen LogP contribution in [0.4, 0.5) is 0 Å². The van der Waals surface area contributed by atoms with Crippen LogP contribution in [0.2, 0.25) is 0 Å². The average molecular weight is 124 g/mol. The van der Waals surface area contributed by atoms with Crippen LogP contribution in [0.5, 0.6) is 0 Å². The first kappa shape index (κ1) is 6.49. The van der Waals surface area contributed by atoms with E-state index in [0.29, 0.717) is 6.42 Å². The van der Waals surface area contributed by atoms with Crippen molar-refractivity contribution < 1.29 is 4.79 Å². The van der Waals surface area contributed by atoms with Crippen LogP contribution in [0, 0.1) is 0 Å². The average Bonchev–Trinajstić information content (AvgIpc) is 2.18. The molecule has 0 aromatic rings. The van der Waals surface area contributed by atoms with Gasteiger partial charge in [0.15, 0.2) is 5.78 Å². The van der Waals surface area contributed by atoms with Crippen molar-refractivity contribution in [2.45, 2.75) is 18.9 Å². The number of carbonyl (C=O) groups is 1. The van der Waals surface area contributed by atoms with Crippen LogP contribution < -0.4 is 5.32 Å². The summed E-state index contributed by atoms with van der Waals surface area (Å²) in [5.41, 5.74) is 0. The topological polar surface area (TPSA) is 31.2 Å². The Morgan fingerprint density at radius 3 is 3.11 bits per heavy atom. The number of ketones is 1. The van der Waals surface area contributed by atoms with Gasteiger partial charge in [-0.3, -0.25) is 4.79 Å². The van der Waals surface area contributed by atoms with E-state index in [9.17, 15) is 4.79 Å². The molecule has 1 saturated heterocycles. The van der Waals surface area contributed by atoms with E-state index in [1.807, 2.05) is 0 Å². The first-order chi connectivity index (χ1) is 4.34. The molecule has 1 fully saturated rings. The SMILES string of the molecule is C=CCC1[N]CCC1=O. The van der Waals surface area contributed by atoms with E-state index in [1.165, 1.54) is 0 Å². The Hall–Kier alpha value is -0.630. The molecule has 0 aromatic heterocycles. The quantitative estimate of drug-likeness (QED) is 0.493. The summed E-state index contributed by atoms with van der Waals surface area (Å²) in [6.07, 6.45) is 3.11. The highest BCUT2D eigenvalue weighted by atomic mass is 16.1. The number of hydrogen-bond acceptors (Lipinski definition) is 1. The summed E-state index contributed by atoms with van der Waals surface area (Å²) < 4.78 is 0. The predicted octanol–water partition coefficient (Wildman–Crippen LogP) is 0.508. The van der Waals surface area contributed by atoms with Gasteiger partial charge in [0, 0.05) is 13.0 Å².